The maximum atomic E-state index is 5.39. The van der Waals surface area contributed by atoms with Gasteiger partial charge in [0.2, 0.25) is 5.95 Å². The van der Waals surface area contributed by atoms with Crippen molar-refractivity contribution in [2.75, 3.05) is 5.73 Å². The highest BCUT2D eigenvalue weighted by Gasteiger charge is 2.29. The molecule has 1 aliphatic carbocycles. The standard InChI is InChI=1S/C7H12N4/c1-5(6-2-3-6)11-4-9-7(8)10-11/h4-6H,2-3H2,1H3,(H2,8,10). The number of anilines is 1. The minimum absolute atomic E-state index is 0.373. The molecule has 0 amide bonds. The summed E-state index contributed by atoms with van der Waals surface area (Å²) < 4.78 is 1.85. The van der Waals surface area contributed by atoms with Gasteiger partial charge in [-0.3, -0.25) is 0 Å². The number of hydrogen-bond acceptors (Lipinski definition) is 3. The number of hydrogen-bond donors (Lipinski definition) is 1. The lowest BCUT2D eigenvalue weighted by Gasteiger charge is -2.07. The Kier molecular flexibility index (Phi) is 1.34. The molecule has 60 valence electrons. The monoisotopic (exact) mass is 152 g/mol. The second kappa shape index (κ2) is 2.22. The van der Waals surface area contributed by atoms with E-state index < -0.39 is 0 Å². The summed E-state index contributed by atoms with van der Waals surface area (Å²) in [6.45, 7) is 2.16. The van der Waals surface area contributed by atoms with Gasteiger partial charge in [0.25, 0.3) is 0 Å². The maximum Gasteiger partial charge on any atom is 0.239 e. The van der Waals surface area contributed by atoms with E-state index in [9.17, 15) is 0 Å². The van der Waals surface area contributed by atoms with Gasteiger partial charge in [-0.1, -0.05) is 0 Å². The van der Waals surface area contributed by atoms with Crippen molar-refractivity contribution in [3.63, 3.8) is 0 Å². The highest BCUT2D eigenvalue weighted by Crippen LogP contribution is 2.38. The van der Waals surface area contributed by atoms with Crippen LogP contribution >= 0.6 is 0 Å². The largest absolute Gasteiger partial charge is 0.367 e. The van der Waals surface area contributed by atoms with Crippen LogP contribution in [0, 0.1) is 5.92 Å². The third-order valence-electron chi connectivity index (χ3n) is 2.25. The average Bonchev–Trinajstić information content (AvgIpc) is 2.74. The van der Waals surface area contributed by atoms with Gasteiger partial charge in [0.15, 0.2) is 0 Å². The minimum Gasteiger partial charge on any atom is -0.367 e. The fourth-order valence-corrected chi connectivity index (χ4v) is 1.28. The van der Waals surface area contributed by atoms with Crippen LogP contribution < -0.4 is 5.73 Å². The van der Waals surface area contributed by atoms with Crippen molar-refractivity contribution in [3.8, 4) is 0 Å². The Hall–Kier alpha value is -1.06. The Labute approximate surface area is 65.4 Å². The number of nitrogen functional groups attached to an aromatic ring is 1. The predicted octanol–water partition coefficient (Wildman–Crippen LogP) is 0.831. The normalized spacial score (nSPS) is 20.1. The van der Waals surface area contributed by atoms with Gasteiger partial charge < -0.3 is 5.73 Å². The molecule has 0 spiro atoms. The molecule has 1 fully saturated rings. The highest BCUT2D eigenvalue weighted by molar-refractivity contribution is 5.09. The molecule has 0 bridgehead atoms. The van der Waals surface area contributed by atoms with Crippen molar-refractivity contribution in [2.45, 2.75) is 25.8 Å². The van der Waals surface area contributed by atoms with E-state index in [1.807, 2.05) is 4.68 Å². The number of nitrogens with two attached hydrogens (primary N) is 1. The molecular formula is C7H12N4. The van der Waals surface area contributed by atoms with Crippen LogP contribution in [0.1, 0.15) is 25.8 Å². The molecule has 2 rings (SSSR count). The first-order valence-corrected chi connectivity index (χ1v) is 3.94. The molecule has 11 heavy (non-hydrogen) atoms. The van der Waals surface area contributed by atoms with Gasteiger partial charge in [-0.2, -0.15) is 0 Å². The van der Waals surface area contributed by atoms with Crippen molar-refractivity contribution < 1.29 is 0 Å². The van der Waals surface area contributed by atoms with Crippen molar-refractivity contribution in [1.82, 2.24) is 14.8 Å². The third-order valence-corrected chi connectivity index (χ3v) is 2.25. The lowest BCUT2D eigenvalue weighted by atomic mass is 10.2. The zero-order valence-corrected chi connectivity index (χ0v) is 6.57. The molecule has 4 heteroatoms. The second-order valence-corrected chi connectivity index (χ2v) is 3.16. The summed E-state index contributed by atoms with van der Waals surface area (Å²) in [5.41, 5.74) is 5.39. The first-order chi connectivity index (χ1) is 5.27. The van der Waals surface area contributed by atoms with Gasteiger partial charge in [-0.15, -0.1) is 5.10 Å². The Morgan fingerprint density at radius 3 is 2.91 bits per heavy atom. The number of aromatic nitrogens is 3. The number of nitrogens with zero attached hydrogens (tertiary/aromatic N) is 3. The Morgan fingerprint density at radius 1 is 1.73 bits per heavy atom. The highest BCUT2D eigenvalue weighted by atomic mass is 15.4. The summed E-state index contributed by atoms with van der Waals surface area (Å²) in [6.07, 6.45) is 4.35. The average molecular weight is 152 g/mol. The molecule has 0 radical (unpaired) electrons. The summed E-state index contributed by atoms with van der Waals surface area (Å²) in [5, 5.41) is 4.06. The van der Waals surface area contributed by atoms with Crippen LogP contribution in [-0.4, -0.2) is 14.8 Å². The summed E-state index contributed by atoms with van der Waals surface area (Å²) in [4.78, 5) is 3.88. The van der Waals surface area contributed by atoms with Gasteiger partial charge in [0.05, 0.1) is 6.04 Å². The Bertz CT molecular complexity index is 251. The van der Waals surface area contributed by atoms with E-state index in [1.54, 1.807) is 6.33 Å². The summed E-state index contributed by atoms with van der Waals surface area (Å²) in [6, 6.07) is 0.472. The van der Waals surface area contributed by atoms with Gasteiger partial charge in [-0.25, -0.2) is 9.67 Å². The van der Waals surface area contributed by atoms with Crippen LogP contribution in [0.15, 0.2) is 6.33 Å². The van der Waals surface area contributed by atoms with Gasteiger partial charge >= 0.3 is 0 Å². The van der Waals surface area contributed by atoms with E-state index in [2.05, 4.69) is 17.0 Å². The molecular weight excluding hydrogens is 140 g/mol. The van der Waals surface area contributed by atoms with E-state index in [0.717, 1.165) is 5.92 Å². The zero-order chi connectivity index (χ0) is 7.84. The zero-order valence-electron chi connectivity index (χ0n) is 6.57. The first kappa shape index (κ1) is 6.64. The molecule has 2 N–H and O–H groups in total. The van der Waals surface area contributed by atoms with Crippen LogP contribution in [0.2, 0.25) is 0 Å². The lowest BCUT2D eigenvalue weighted by molar-refractivity contribution is 0.440. The van der Waals surface area contributed by atoms with Gasteiger partial charge in [0, 0.05) is 0 Å². The smallest absolute Gasteiger partial charge is 0.239 e. The summed E-state index contributed by atoms with van der Waals surface area (Å²) in [7, 11) is 0. The van der Waals surface area contributed by atoms with Crippen molar-refractivity contribution in [3.05, 3.63) is 6.33 Å². The predicted molar refractivity (Wildman–Crippen MR) is 41.9 cm³/mol. The third kappa shape index (κ3) is 1.20. The molecule has 4 nitrogen and oxygen atoms in total. The molecule has 1 aromatic heterocycles. The van der Waals surface area contributed by atoms with Crippen molar-refractivity contribution >= 4 is 5.95 Å². The SMILES string of the molecule is CC(C1CC1)n1cnc(N)n1. The summed E-state index contributed by atoms with van der Waals surface area (Å²) >= 11 is 0. The Balaban J connectivity index is 2.14. The van der Waals surface area contributed by atoms with Gasteiger partial charge in [0.1, 0.15) is 6.33 Å². The van der Waals surface area contributed by atoms with Crippen LogP contribution in [0.4, 0.5) is 5.95 Å². The van der Waals surface area contributed by atoms with Crippen LogP contribution in [-0.2, 0) is 0 Å². The second-order valence-electron chi connectivity index (χ2n) is 3.16. The van der Waals surface area contributed by atoms with Crippen LogP contribution in [0.25, 0.3) is 0 Å². The fourth-order valence-electron chi connectivity index (χ4n) is 1.28. The molecule has 0 saturated heterocycles. The van der Waals surface area contributed by atoms with E-state index in [1.165, 1.54) is 12.8 Å². The van der Waals surface area contributed by atoms with E-state index >= 15 is 0 Å². The molecule has 0 aliphatic heterocycles. The first-order valence-electron chi connectivity index (χ1n) is 3.94. The number of rotatable bonds is 2. The van der Waals surface area contributed by atoms with E-state index in [-0.39, 0.29) is 0 Å². The van der Waals surface area contributed by atoms with E-state index in [4.69, 9.17) is 5.73 Å². The Morgan fingerprint density at radius 2 is 2.45 bits per heavy atom. The molecule has 1 atom stereocenters. The molecule has 1 saturated carbocycles. The topological polar surface area (TPSA) is 56.7 Å². The molecule has 1 aromatic rings. The minimum atomic E-state index is 0.373. The van der Waals surface area contributed by atoms with Crippen molar-refractivity contribution in [1.29, 1.82) is 0 Å². The lowest BCUT2D eigenvalue weighted by Crippen LogP contribution is -2.07. The van der Waals surface area contributed by atoms with Crippen LogP contribution in [0.5, 0.6) is 0 Å². The molecule has 0 aromatic carbocycles. The molecule has 1 unspecified atom stereocenters. The van der Waals surface area contributed by atoms with Crippen molar-refractivity contribution in [2.24, 2.45) is 5.92 Å². The maximum absolute atomic E-state index is 5.39. The van der Waals surface area contributed by atoms with E-state index in [0.29, 0.717) is 12.0 Å². The van der Waals surface area contributed by atoms with Gasteiger partial charge in [-0.05, 0) is 25.7 Å². The molecule has 1 aliphatic rings. The fraction of sp³-hybridized carbons (Fsp3) is 0.714. The summed E-state index contributed by atoms with van der Waals surface area (Å²) in [5.74, 6) is 1.17. The quantitative estimate of drug-likeness (QED) is 0.683. The molecule has 1 heterocycles. The van der Waals surface area contributed by atoms with Crippen LogP contribution in [0.3, 0.4) is 0 Å².